The standard InChI is InChI=1S/C13H15NO/c1-4-10-7-11-9(2)5-6-14-13(11)12(8-10)15-3/h5-8H,4H2,1-3H3. The van der Waals surface area contributed by atoms with E-state index >= 15 is 0 Å². The summed E-state index contributed by atoms with van der Waals surface area (Å²) in [4.78, 5) is 4.36. The second kappa shape index (κ2) is 3.89. The zero-order valence-corrected chi connectivity index (χ0v) is 9.37. The molecule has 0 aliphatic carbocycles. The van der Waals surface area contributed by atoms with Crippen molar-refractivity contribution in [3.8, 4) is 5.75 Å². The number of methoxy groups -OCH3 is 1. The van der Waals surface area contributed by atoms with Crippen LogP contribution in [-0.4, -0.2) is 12.1 Å². The van der Waals surface area contributed by atoms with Crippen molar-refractivity contribution >= 4 is 10.9 Å². The lowest BCUT2D eigenvalue weighted by Gasteiger charge is -2.08. The molecule has 0 N–H and O–H groups in total. The van der Waals surface area contributed by atoms with E-state index in [9.17, 15) is 0 Å². The van der Waals surface area contributed by atoms with Gasteiger partial charge in [-0.2, -0.15) is 0 Å². The van der Waals surface area contributed by atoms with Crippen molar-refractivity contribution in [3.63, 3.8) is 0 Å². The first-order valence-corrected chi connectivity index (χ1v) is 5.18. The maximum atomic E-state index is 5.36. The first kappa shape index (κ1) is 9.97. The number of fused-ring (bicyclic) bond motifs is 1. The van der Waals surface area contributed by atoms with E-state index in [-0.39, 0.29) is 0 Å². The summed E-state index contributed by atoms with van der Waals surface area (Å²) in [5.74, 6) is 0.869. The smallest absolute Gasteiger partial charge is 0.145 e. The summed E-state index contributed by atoms with van der Waals surface area (Å²) >= 11 is 0. The van der Waals surface area contributed by atoms with Crippen LogP contribution in [0.15, 0.2) is 24.4 Å². The van der Waals surface area contributed by atoms with Crippen LogP contribution in [0.25, 0.3) is 10.9 Å². The molecule has 2 rings (SSSR count). The lowest BCUT2D eigenvalue weighted by molar-refractivity contribution is 0.418. The van der Waals surface area contributed by atoms with E-state index in [2.05, 4.69) is 31.0 Å². The number of nitrogens with zero attached hydrogens (tertiary/aromatic N) is 1. The molecule has 0 atom stereocenters. The Bertz CT molecular complexity index is 491. The Kier molecular flexibility index (Phi) is 2.58. The zero-order valence-electron chi connectivity index (χ0n) is 9.37. The minimum Gasteiger partial charge on any atom is -0.494 e. The van der Waals surface area contributed by atoms with Gasteiger partial charge in [0.1, 0.15) is 11.3 Å². The Balaban J connectivity index is 2.80. The average molecular weight is 201 g/mol. The van der Waals surface area contributed by atoms with E-state index in [4.69, 9.17) is 4.74 Å². The lowest BCUT2D eigenvalue weighted by atomic mass is 10.0. The van der Waals surface area contributed by atoms with Gasteiger partial charge in [-0.1, -0.05) is 6.92 Å². The van der Waals surface area contributed by atoms with Crippen LogP contribution in [0.5, 0.6) is 5.75 Å². The van der Waals surface area contributed by atoms with Crippen molar-refractivity contribution in [1.29, 1.82) is 0 Å². The molecule has 1 aromatic carbocycles. The molecule has 0 spiro atoms. The summed E-state index contributed by atoms with van der Waals surface area (Å²) < 4.78 is 5.36. The molecule has 15 heavy (non-hydrogen) atoms. The van der Waals surface area contributed by atoms with Crippen molar-refractivity contribution < 1.29 is 4.74 Å². The van der Waals surface area contributed by atoms with Crippen LogP contribution in [0.2, 0.25) is 0 Å². The third-order valence-electron chi connectivity index (χ3n) is 2.72. The van der Waals surface area contributed by atoms with Crippen molar-refractivity contribution in [2.24, 2.45) is 0 Å². The molecular weight excluding hydrogens is 186 g/mol. The third kappa shape index (κ3) is 1.67. The van der Waals surface area contributed by atoms with Crippen LogP contribution < -0.4 is 4.74 Å². The van der Waals surface area contributed by atoms with Gasteiger partial charge in [-0.15, -0.1) is 0 Å². The lowest BCUT2D eigenvalue weighted by Crippen LogP contribution is -1.92. The molecular formula is C13H15NO. The number of benzene rings is 1. The molecule has 2 heteroatoms. The number of rotatable bonds is 2. The van der Waals surface area contributed by atoms with Gasteiger partial charge in [-0.05, 0) is 42.7 Å². The minimum atomic E-state index is 0.869. The maximum absolute atomic E-state index is 5.36. The Morgan fingerprint density at radius 2 is 2.13 bits per heavy atom. The van der Waals surface area contributed by atoms with E-state index in [0.29, 0.717) is 0 Å². The Labute approximate surface area is 89.9 Å². The van der Waals surface area contributed by atoms with Crippen LogP contribution in [0.1, 0.15) is 18.1 Å². The molecule has 2 aromatic rings. The fraction of sp³-hybridized carbons (Fsp3) is 0.308. The highest BCUT2D eigenvalue weighted by atomic mass is 16.5. The molecule has 0 bridgehead atoms. The Hall–Kier alpha value is -1.57. The second-order valence-corrected chi connectivity index (χ2v) is 3.68. The van der Waals surface area contributed by atoms with Gasteiger partial charge >= 0.3 is 0 Å². The highest BCUT2D eigenvalue weighted by Gasteiger charge is 2.06. The average Bonchev–Trinajstić information content (AvgIpc) is 2.28. The van der Waals surface area contributed by atoms with Gasteiger partial charge in [-0.3, -0.25) is 4.98 Å². The fourth-order valence-corrected chi connectivity index (χ4v) is 1.77. The molecule has 2 nitrogen and oxygen atoms in total. The normalized spacial score (nSPS) is 10.6. The van der Waals surface area contributed by atoms with Crippen LogP contribution in [-0.2, 0) is 6.42 Å². The van der Waals surface area contributed by atoms with E-state index in [1.807, 2.05) is 12.3 Å². The summed E-state index contributed by atoms with van der Waals surface area (Å²) in [5, 5.41) is 1.19. The molecule has 0 unspecified atom stereocenters. The van der Waals surface area contributed by atoms with E-state index in [0.717, 1.165) is 17.7 Å². The molecule has 1 aromatic heterocycles. The van der Waals surface area contributed by atoms with E-state index < -0.39 is 0 Å². The molecule has 78 valence electrons. The highest BCUT2D eigenvalue weighted by Crippen LogP contribution is 2.27. The van der Waals surface area contributed by atoms with E-state index in [1.54, 1.807) is 7.11 Å². The maximum Gasteiger partial charge on any atom is 0.145 e. The topological polar surface area (TPSA) is 22.1 Å². The largest absolute Gasteiger partial charge is 0.494 e. The van der Waals surface area contributed by atoms with Gasteiger partial charge in [-0.25, -0.2) is 0 Å². The van der Waals surface area contributed by atoms with Crippen LogP contribution in [0, 0.1) is 6.92 Å². The van der Waals surface area contributed by atoms with Crippen LogP contribution >= 0.6 is 0 Å². The molecule has 0 aliphatic heterocycles. The monoisotopic (exact) mass is 201 g/mol. The van der Waals surface area contributed by atoms with Gasteiger partial charge in [0.25, 0.3) is 0 Å². The van der Waals surface area contributed by atoms with Crippen molar-refractivity contribution in [1.82, 2.24) is 4.98 Å². The fourth-order valence-electron chi connectivity index (χ4n) is 1.77. The molecule has 0 amide bonds. The summed E-state index contributed by atoms with van der Waals surface area (Å²) in [7, 11) is 1.69. The zero-order chi connectivity index (χ0) is 10.8. The van der Waals surface area contributed by atoms with E-state index in [1.165, 1.54) is 16.5 Å². The summed E-state index contributed by atoms with van der Waals surface area (Å²) in [6.45, 7) is 4.25. The third-order valence-corrected chi connectivity index (χ3v) is 2.72. The van der Waals surface area contributed by atoms with Gasteiger partial charge in [0.05, 0.1) is 7.11 Å². The van der Waals surface area contributed by atoms with Crippen molar-refractivity contribution in [2.75, 3.05) is 7.11 Å². The Morgan fingerprint density at radius 1 is 1.33 bits per heavy atom. The minimum absolute atomic E-state index is 0.869. The summed E-state index contributed by atoms with van der Waals surface area (Å²) in [6.07, 6.45) is 2.84. The molecule has 0 saturated heterocycles. The van der Waals surface area contributed by atoms with Gasteiger partial charge < -0.3 is 4.74 Å². The predicted molar refractivity (Wildman–Crippen MR) is 62.4 cm³/mol. The number of hydrogen-bond donors (Lipinski definition) is 0. The Morgan fingerprint density at radius 3 is 2.80 bits per heavy atom. The molecule has 0 saturated carbocycles. The summed E-state index contributed by atoms with van der Waals surface area (Å²) in [5.41, 5.74) is 3.48. The van der Waals surface area contributed by atoms with Gasteiger partial charge in [0.2, 0.25) is 0 Å². The van der Waals surface area contributed by atoms with Gasteiger partial charge in [0.15, 0.2) is 0 Å². The first-order chi connectivity index (χ1) is 7.26. The number of pyridine rings is 1. The summed E-state index contributed by atoms with van der Waals surface area (Å²) in [6, 6.07) is 6.29. The molecule has 0 aliphatic rings. The number of ether oxygens (including phenoxy) is 1. The molecule has 1 heterocycles. The van der Waals surface area contributed by atoms with Crippen LogP contribution in [0.3, 0.4) is 0 Å². The van der Waals surface area contributed by atoms with Crippen molar-refractivity contribution in [2.45, 2.75) is 20.3 Å². The number of hydrogen-bond acceptors (Lipinski definition) is 2. The van der Waals surface area contributed by atoms with Gasteiger partial charge in [0, 0.05) is 11.6 Å². The predicted octanol–water partition coefficient (Wildman–Crippen LogP) is 3.11. The number of aryl methyl sites for hydroxylation is 2. The first-order valence-electron chi connectivity index (χ1n) is 5.18. The molecule has 0 radical (unpaired) electrons. The SMILES string of the molecule is CCc1cc(OC)c2nccc(C)c2c1. The highest BCUT2D eigenvalue weighted by molar-refractivity contribution is 5.87. The second-order valence-electron chi connectivity index (χ2n) is 3.68. The number of aromatic nitrogens is 1. The quantitative estimate of drug-likeness (QED) is 0.744. The molecule has 0 fully saturated rings. The van der Waals surface area contributed by atoms with Crippen LogP contribution in [0.4, 0.5) is 0 Å². The van der Waals surface area contributed by atoms with Crippen molar-refractivity contribution in [3.05, 3.63) is 35.5 Å².